The summed E-state index contributed by atoms with van der Waals surface area (Å²) in [4.78, 5) is 0. The summed E-state index contributed by atoms with van der Waals surface area (Å²) < 4.78 is 30.0. The van der Waals surface area contributed by atoms with Crippen LogP contribution in [0.1, 0.15) is 18.7 Å². The molecule has 1 aromatic rings. The molecular weight excluding hydrogens is 206 g/mol. The number of aromatic nitrogens is 2. The molecule has 0 spiro atoms. The first-order valence-corrected chi connectivity index (χ1v) is 5.63. The fourth-order valence-corrected chi connectivity index (χ4v) is 2.23. The van der Waals surface area contributed by atoms with E-state index in [0.717, 1.165) is 0 Å². The summed E-state index contributed by atoms with van der Waals surface area (Å²) in [5.74, 6) is 4.72. The maximum absolute atomic E-state index is 11.4. The van der Waals surface area contributed by atoms with Crippen molar-refractivity contribution < 1.29 is 17.3 Å². The van der Waals surface area contributed by atoms with Gasteiger partial charge in [0, 0.05) is 6.42 Å². The first-order chi connectivity index (χ1) is 6.51. The fraction of sp³-hybridized carbons (Fsp3) is 0.571. The van der Waals surface area contributed by atoms with Crippen LogP contribution in [0.25, 0.3) is 0 Å². The van der Waals surface area contributed by atoms with Gasteiger partial charge < -0.3 is 0 Å². The van der Waals surface area contributed by atoms with Gasteiger partial charge in [0.1, 0.15) is 12.4 Å². The second-order valence-electron chi connectivity index (χ2n) is 2.98. The highest BCUT2D eigenvalue weighted by Crippen LogP contribution is 2.18. The molecule has 1 unspecified atom stereocenters. The molecule has 0 aromatic carbocycles. The van der Waals surface area contributed by atoms with Gasteiger partial charge in [-0.3, -0.25) is 0 Å². The van der Waals surface area contributed by atoms with Crippen LogP contribution < -0.4 is 10.5 Å². The normalized spacial score (nSPS) is 14.2. The van der Waals surface area contributed by atoms with Gasteiger partial charge in [-0.2, -0.15) is 18.6 Å². The Morgan fingerprint density at radius 3 is 2.64 bits per heavy atom. The second kappa shape index (κ2) is 4.07. The van der Waals surface area contributed by atoms with Gasteiger partial charge in [-0.25, -0.2) is 9.13 Å². The molecule has 0 radical (unpaired) electrons. The van der Waals surface area contributed by atoms with E-state index in [1.807, 2.05) is 0 Å². The van der Waals surface area contributed by atoms with E-state index in [1.54, 1.807) is 41.8 Å². The Kier molecular flexibility index (Phi) is 3.25. The van der Waals surface area contributed by atoms with Crippen molar-refractivity contribution in [1.82, 2.24) is 4.57 Å². The minimum atomic E-state index is -3.72. The van der Waals surface area contributed by atoms with Gasteiger partial charge in [0.2, 0.25) is 11.7 Å². The lowest BCUT2D eigenvalue weighted by Crippen LogP contribution is -2.27. The summed E-state index contributed by atoms with van der Waals surface area (Å²) in [7, 11) is -1.92. The lowest BCUT2D eigenvalue weighted by molar-refractivity contribution is -0.671. The minimum absolute atomic E-state index is 0.397. The Labute approximate surface area is 83.0 Å². The predicted octanol–water partition coefficient (Wildman–Crippen LogP) is -0.559. The standard InChI is InChI=1S/C7H14N3O3S/c1-3-7(14(11,12)13-8)10-5-4-9(2)6-10/h4-7H,3,8H2,1-2H3/q+1. The molecule has 1 rings (SSSR count). The number of hydrogen-bond acceptors (Lipinski definition) is 4. The van der Waals surface area contributed by atoms with Gasteiger partial charge >= 0.3 is 10.1 Å². The van der Waals surface area contributed by atoms with Crippen LogP contribution in [0.2, 0.25) is 0 Å². The highest BCUT2D eigenvalue weighted by atomic mass is 32.2. The number of imidazole rings is 1. The van der Waals surface area contributed by atoms with Crippen LogP contribution in [-0.4, -0.2) is 13.0 Å². The van der Waals surface area contributed by atoms with Gasteiger partial charge in [-0.1, -0.05) is 6.92 Å². The molecule has 1 atom stereocenters. The first-order valence-electron chi connectivity index (χ1n) is 4.16. The lowest BCUT2D eigenvalue weighted by atomic mass is 10.5. The number of hydrogen-bond donors (Lipinski definition) is 1. The monoisotopic (exact) mass is 220 g/mol. The molecule has 80 valence electrons. The zero-order valence-electron chi connectivity index (χ0n) is 8.12. The highest BCUT2D eigenvalue weighted by molar-refractivity contribution is 7.86. The summed E-state index contributed by atoms with van der Waals surface area (Å²) in [5.41, 5.74) is 0. The van der Waals surface area contributed by atoms with Crippen molar-refractivity contribution in [1.29, 1.82) is 0 Å². The molecule has 14 heavy (non-hydrogen) atoms. The molecule has 0 aliphatic carbocycles. The number of rotatable bonds is 4. The molecule has 6 nitrogen and oxygen atoms in total. The Morgan fingerprint density at radius 2 is 2.29 bits per heavy atom. The molecule has 0 bridgehead atoms. The van der Waals surface area contributed by atoms with Gasteiger partial charge in [0.15, 0.2) is 0 Å². The molecule has 0 saturated carbocycles. The third-order valence-electron chi connectivity index (χ3n) is 1.94. The fourth-order valence-electron chi connectivity index (χ4n) is 1.27. The number of aryl methyl sites for hydroxylation is 1. The average Bonchev–Trinajstić information content (AvgIpc) is 2.53. The molecule has 1 aromatic heterocycles. The van der Waals surface area contributed by atoms with E-state index in [0.29, 0.717) is 6.42 Å². The molecular formula is C7H14N3O3S+. The van der Waals surface area contributed by atoms with Crippen LogP contribution in [0.4, 0.5) is 0 Å². The van der Waals surface area contributed by atoms with Crippen LogP contribution in [0.5, 0.6) is 0 Å². The quantitative estimate of drug-likeness (QED) is 0.545. The molecule has 0 amide bonds. The summed E-state index contributed by atoms with van der Waals surface area (Å²) in [6.45, 7) is 1.75. The summed E-state index contributed by atoms with van der Waals surface area (Å²) in [5, 5.41) is -0.770. The molecule has 1 heterocycles. The molecule has 2 N–H and O–H groups in total. The van der Waals surface area contributed by atoms with Crippen molar-refractivity contribution >= 4 is 10.1 Å². The summed E-state index contributed by atoms with van der Waals surface area (Å²) >= 11 is 0. The van der Waals surface area contributed by atoms with E-state index in [1.165, 1.54) is 0 Å². The van der Waals surface area contributed by atoms with E-state index in [4.69, 9.17) is 5.90 Å². The zero-order valence-corrected chi connectivity index (χ0v) is 8.94. The predicted molar refractivity (Wildman–Crippen MR) is 49.1 cm³/mol. The van der Waals surface area contributed by atoms with Crippen LogP contribution >= 0.6 is 0 Å². The van der Waals surface area contributed by atoms with Crippen molar-refractivity contribution in [2.45, 2.75) is 18.7 Å². The third-order valence-corrected chi connectivity index (χ3v) is 3.45. The minimum Gasteiger partial charge on any atom is -0.240 e. The van der Waals surface area contributed by atoms with Crippen molar-refractivity contribution in [2.24, 2.45) is 12.9 Å². The average molecular weight is 220 g/mol. The van der Waals surface area contributed by atoms with Crippen LogP contribution in [0.3, 0.4) is 0 Å². The Balaban J connectivity index is 3.05. The Morgan fingerprint density at radius 1 is 1.64 bits per heavy atom. The number of nitrogens with two attached hydrogens (primary N) is 1. The Bertz CT molecular complexity index is 398. The first kappa shape index (κ1) is 11.2. The van der Waals surface area contributed by atoms with E-state index in [-0.39, 0.29) is 0 Å². The topological polar surface area (TPSA) is 78.2 Å². The second-order valence-corrected chi connectivity index (χ2v) is 4.70. The van der Waals surface area contributed by atoms with E-state index in [2.05, 4.69) is 4.28 Å². The van der Waals surface area contributed by atoms with E-state index in [9.17, 15) is 8.42 Å². The molecule has 0 aliphatic heterocycles. The van der Waals surface area contributed by atoms with E-state index < -0.39 is 15.5 Å². The maximum Gasteiger partial charge on any atom is 0.325 e. The van der Waals surface area contributed by atoms with Crippen molar-refractivity contribution in [2.75, 3.05) is 0 Å². The van der Waals surface area contributed by atoms with Crippen molar-refractivity contribution in [3.05, 3.63) is 18.7 Å². The molecule has 0 aliphatic rings. The molecule has 0 saturated heterocycles. The Hall–Kier alpha value is -0.920. The smallest absolute Gasteiger partial charge is 0.240 e. The van der Waals surface area contributed by atoms with Gasteiger partial charge in [-0.05, 0) is 0 Å². The third kappa shape index (κ3) is 2.11. The van der Waals surface area contributed by atoms with E-state index >= 15 is 0 Å². The zero-order chi connectivity index (χ0) is 10.8. The van der Waals surface area contributed by atoms with Gasteiger partial charge in [-0.15, -0.1) is 0 Å². The van der Waals surface area contributed by atoms with Gasteiger partial charge in [0.05, 0.1) is 7.05 Å². The molecule has 0 fully saturated rings. The maximum atomic E-state index is 11.4. The summed E-state index contributed by atoms with van der Waals surface area (Å²) in [6.07, 6.45) is 5.46. The van der Waals surface area contributed by atoms with Crippen molar-refractivity contribution in [3.63, 3.8) is 0 Å². The van der Waals surface area contributed by atoms with Crippen LogP contribution in [0.15, 0.2) is 18.7 Å². The largest absolute Gasteiger partial charge is 0.325 e. The SMILES string of the molecule is CCC(n1cc[n+](C)c1)S(=O)(=O)ON. The molecule has 7 heteroatoms. The lowest BCUT2D eigenvalue weighted by Gasteiger charge is -2.09. The highest BCUT2D eigenvalue weighted by Gasteiger charge is 2.30. The van der Waals surface area contributed by atoms with Crippen molar-refractivity contribution in [3.8, 4) is 0 Å². The summed E-state index contributed by atoms with van der Waals surface area (Å²) in [6, 6.07) is 0. The van der Waals surface area contributed by atoms with Crippen LogP contribution in [-0.2, 0) is 21.4 Å². The number of nitrogens with zero attached hydrogens (tertiary/aromatic N) is 2. The van der Waals surface area contributed by atoms with Gasteiger partial charge in [0.25, 0.3) is 0 Å². The van der Waals surface area contributed by atoms with Crippen LogP contribution in [0, 0.1) is 0 Å².